The maximum atomic E-state index is 13.1. The van der Waals surface area contributed by atoms with Crippen molar-refractivity contribution in [2.45, 2.75) is 37.7 Å². The van der Waals surface area contributed by atoms with Crippen LogP contribution in [-0.4, -0.2) is 30.9 Å². The second kappa shape index (κ2) is 8.89. The van der Waals surface area contributed by atoms with E-state index >= 15 is 0 Å². The summed E-state index contributed by atoms with van der Waals surface area (Å²) in [6.07, 6.45) is 5.11. The molecule has 0 atom stereocenters. The lowest BCUT2D eigenvalue weighted by Crippen LogP contribution is -2.44. The van der Waals surface area contributed by atoms with Gasteiger partial charge in [-0.05, 0) is 61.1 Å². The minimum absolute atomic E-state index is 0.430. The maximum Gasteiger partial charge on any atom is 0.281 e. The van der Waals surface area contributed by atoms with Crippen LogP contribution in [-0.2, 0) is 10.4 Å². The SMILES string of the molecule is COc1ccc(C(O)(C(=O)NN=C2CCCCC2)c2ccc(OC)cc2)cc1. The van der Waals surface area contributed by atoms with Crippen LogP contribution in [0.4, 0.5) is 0 Å². The average molecular weight is 382 g/mol. The van der Waals surface area contributed by atoms with Gasteiger partial charge in [-0.2, -0.15) is 5.10 Å². The standard InChI is InChI=1S/C22H26N2O4/c1-27-19-12-8-16(9-13-19)22(26,17-10-14-20(28-2)15-11-17)21(25)24-23-18-6-4-3-5-7-18/h8-15,26H,3-7H2,1-2H3,(H,24,25). The summed E-state index contributed by atoms with van der Waals surface area (Å²) in [5.41, 5.74) is 2.52. The van der Waals surface area contributed by atoms with Crippen LogP contribution in [0, 0.1) is 0 Å². The van der Waals surface area contributed by atoms with Crippen LogP contribution in [0.3, 0.4) is 0 Å². The van der Waals surface area contributed by atoms with Crippen LogP contribution in [0.25, 0.3) is 0 Å². The van der Waals surface area contributed by atoms with Gasteiger partial charge in [0.05, 0.1) is 14.2 Å². The molecule has 28 heavy (non-hydrogen) atoms. The zero-order valence-corrected chi connectivity index (χ0v) is 16.3. The third-order valence-electron chi connectivity index (χ3n) is 5.09. The molecule has 3 rings (SSSR count). The fraction of sp³-hybridized carbons (Fsp3) is 0.364. The Hall–Kier alpha value is -2.86. The quantitative estimate of drug-likeness (QED) is 0.751. The fourth-order valence-corrected chi connectivity index (χ4v) is 3.38. The summed E-state index contributed by atoms with van der Waals surface area (Å²) in [6.45, 7) is 0. The molecule has 1 saturated carbocycles. The van der Waals surface area contributed by atoms with E-state index in [1.807, 2.05) is 0 Å². The van der Waals surface area contributed by atoms with Crippen molar-refractivity contribution in [3.8, 4) is 11.5 Å². The summed E-state index contributed by atoms with van der Waals surface area (Å²) in [5.74, 6) is 0.688. The minimum Gasteiger partial charge on any atom is -0.497 e. The van der Waals surface area contributed by atoms with E-state index in [2.05, 4.69) is 10.5 Å². The number of carbonyl (C=O) groups is 1. The lowest BCUT2D eigenvalue weighted by molar-refractivity contribution is -0.136. The number of hydrogen-bond acceptors (Lipinski definition) is 5. The first-order valence-corrected chi connectivity index (χ1v) is 9.45. The molecule has 6 nitrogen and oxygen atoms in total. The highest BCUT2D eigenvalue weighted by Crippen LogP contribution is 2.32. The highest BCUT2D eigenvalue weighted by Gasteiger charge is 2.40. The molecule has 0 heterocycles. The van der Waals surface area contributed by atoms with Crippen LogP contribution in [0.5, 0.6) is 11.5 Å². The van der Waals surface area contributed by atoms with E-state index in [9.17, 15) is 9.90 Å². The summed E-state index contributed by atoms with van der Waals surface area (Å²) in [6, 6.07) is 13.6. The number of hydrogen-bond donors (Lipinski definition) is 2. The molecule has 0 saturated heterocycles. The van der Waals surface area contributed by atoms with Gasteiger partial charge in [-0.15, -0.1) is 0 Å². The Balaban J connectivity index is 1.95. The zero-order chi connectivity index (χ0) is 20.0. The lowest BCUT2D eigenvalue weighted by Gasteiger charge is -2.27. The molecule has 1 aliphatic rings. The molecule has 148 valence electrons. The third kappa shape index (κ3) is 4.17. The van der Waals surface area contributed by atoms with Gasteiger partial charge in [0.2, 0.25) is 0 Å². The average Bonchev–Trinajstić information content (AvgIpc) is 2.77. The van der Waals surface area contributed by atoms with Gasteiger partial charge < -0.3 is 14.6 Å². The Bertz CT molecular complexity index is 773. The van der Waals surface area contributed by atoms with Crippen molar-refractivity contribution in [1.29, 1.82) is 0 Å². The topological polar surface area (TPSA) is 80.2 Å². The molecule has 2 aromatic carbocycles. The molecule has 0 aromatic heterocycles. The van der Waals surface area contributed by atoms with E-state index in [4.69, 9.17) is 9.47 Å². The van der Waals surface area contributed by atoms with E-state index in [1.165, 1.54) is 6.42 Å². The monoisotopic (exact) mass is 382 g/mol. The summed E-state index contributed by atoms with van der Waals surface area (Å²) < 4.78 is 10.4. The van der Waals surface area contributed by atoms with Crippen molar-refractivity contribution in [3.63, 3.8) is 0 Å². The Morgan fingerprint density at radius 1 is 0.893 bits per heavy atom. The first-order chi connectivity index (χ1) is 13.6. The number of hydrazone groups is 1. The van der Waals surface area contributed by atoms with Gasteiger partial charge in [-0.1, -0.05) is 30.7 Å². The smallest absolute Gasteiger partial charge is 0.281 e. The Labute approximate surface area is 165 Å². The molecule has 0 unspecified atom stereocenters. The summed E-state index contributed by atoms with van der Waals surface area (Å²) in [5, 5.41) is 15.8. The molecule has 0 aliphatic heterocycles. The van der Waals surface area contributed by atoms with Crippen LogP contribution in [0.2, 0.25) is 0 Å². The summed E-state index contributed by atoms with van der Waals surface area (Å²) >= 11 is 0. The molecular formula is C22H26N2O4. The van der Waals surface area contributed by atoms with Crippen LogP contribution in [0.1, 0.15) is 43.2 Å². The van der Waals surface area contributed by atoms with Gasteiger partial charge in [0, 0.05) is 5.71 Å². The number of methoxy groups -OCH3 is 2. The number of amides is 1. The molecule has 0 spiro atoms. The lowest BCUT2D eigenvalue weighted by atomic mass is 9.85. The number of rotatable bonds is 6. The van der Waals surface area contributed by atoms with Crippen molar-refractivity contribution in [2.24, 2.45) is 5.10 Å². The van der Waals surface area contributed by atoms with Crippen LogP contribution in [0.15, 0.2) is 53.6 Å². The predicted molar refractivity (Wildman–Crippen MR) is 108 cm³/mol. The molecule has 2 N–H and O–H groups in total. The second-order valence-corrected chi connectivity index (χ2v) is 6.85. The van der Waals surface area contributed by atoms with Crippen molar-refractivity contribution in [1.82, 2.24) is 5.43 Å². The maximum absolute atomic E-state index is 13.1. The summed E-state index contributed by atoms with van der Waals surface area (Å²) in [4.78, 5) is 13.1. The van der Waals surface area contributed by atoms with Crippen molar-refractivity contribution in [2.75, 3.05) is 14.2 Å². The number of nitrogens with zero attached hydrogens (tertiary/aromatic N) is 1. The van der Waals surface area contributed by atoms with Gasteiger partial charge in [-0.25, -0.2) is 5.43 Å². The zero-order valence-electron chi connectivity index (χ0n) is 16.3. The van der Waals surface area contributed by atoms with Gasteiger partial charge in [0.25, 0.3) is 5.91 Å². The van der Waals surface area contributed by atoms with Gasteiger partial charge in [-0.3, -0.25) is 4.79 Å². The van der Waals surface area contributed by atoms with Crippen molar-refractivity contribution >= 4 is 11.6 Å². The first kappa shape index (κ1) is 19.9. The Morgan fingerprint density at radius 3 is 1.79 bits per heavy atom. The van der Waals surface area contributed by atoms with Crippen molar-refractivity contribution < 1.29 is 19.4 Å². The molecule has 2 aromatic rings. The fourth-order valence-electron chi connectivity index (χ4n) is 3.38. The molecule has 1 amide bonds. The highest BCUT2D eigenvalue weighted by atomic mass is 16.5. The molecular weight excluding hydrogens is 356 g/mol. The number of ether oxygens (including phenoxy) is 2. The Morgan fingerprint density at radius 2 is 1.36 bits per heavy atom. The minimum atomic E-state index is -1.89. The van der Waals surface area contributed by atoms with Crippen LogP contribution < -0.4 is 14.9 Å². The molecule has 1 aliphatic carbocycles. The van der Waals surface area contributed by atoms with E-state index < -0.39 is 11.5 Å². The molecule has 0 bridgehead atoms. The van der Waals surface area contributed by atoms with Crippen LogP contribution >= 0.6 is 0 Å². The van der Waals surface area contributed by atoms with Gasteiger partial charge in [0.15, 0.2) is 5.60 Å². The number of aliphatic hydroxyl groups is 1. The largest absolute Gasteiger partial charge is 0.497 e. The second-order valence-electron chi connectivity index (χ2n) is 6.85. The number of nitrogens with one attached hydrogen (secondary N) is 1. The van der Waals surface area contributed by atoms with Gasteiger partial charge >= 0.3 is 0 Å². The summed E-state index contributed by atoms with van der Waals surface area (Å²) in [7, 11) is 3.13. The van der Waals surface area contributed by atoms with E-state index in [1.54, 1.807) is 62.8 Å². The van der Waals surface area contributed by atoms with E-state index in [0.717, 1.165) is 31.4 Å². The Kier molecular flexibility index (Phi) is 6.31. The molecule has 1 fully saturated rings. The molecule has 0 radical (unpaired) electrons. The number of benzene rings is 2. The predicted octanol–water partition coefficient (Wildman–Crippen LogP) is 3.38. The van der Waals surface area contributed by atoms with E-state index in [0.29, 0.717) is 22.6 Å². The first-order valence-electron chi connectivity index (χ1n) is 9.45. The molecule has 6 heteroatoms. The highest BCUT2D eigenvalue weighted by molar-refractivity contribution is 5.92. The van der Waals surface area contributed by atoms with E-state index in [-0.39, 0.29) is 0 Å². The van der Waals surface area contributed by atoms with Crippen molar-refractivity contribution in [3.05, 3.63) is 59.7 Å². The third-order valence-corrected chi connectivity index (χ3v) is 5.09. The number of carbonyl (C=O) groups excluding carboxylic acids is 1. The van der Waals surface area contributed by atoms with Gasteiger partial charge in [0.1, 0.15) is 11.5 Å². The normalized spacial score (nSPS) is 14.3.